The number of hydrogen-bond acceptors (Lipinski definition) is 5. The Morgan fingerprint density at radius 1 is 1.06 bits per heavy atom. The summed E-state index contributed by atoms with van der Waals surface area (Å²) < 4.78 is 5.10. The van der Waals surface area contributed by atoms with E-state index in [-0.39, 0.29) is 40.3 Å². The second-order valence-corrected chi connectivity index (χ2v) is 7.97. The zero-order valence-electron chi connectivity index (χ0n) is 18.0. The van der Waals surface area contributed by atoms with Crippen molar-refractivity contribution >= 4 is 53.0 Å². The highest BCUT2D eigenvalue weighted by atomic mass is 35.5. The maximum atomic E-state index is 12.7. The van der Waals surface area contributed by atoms with Crippen LogP contribution in [0.25, 0.3) is 6.08 Å². The van der Waals surface area contributed by atoms with E-state index < -0.39 is 23.8 Å². The van der Waals surface area contributed by atoms with Crippen LogP contribution < -0.4 is 16.0 Å². The van der Waals surface area contributed by atoms with Crippen molar-refractivity contribution in [2.24, 2.45) is 0 Å². The number of amides is 3. The van der Waals surface area contributed by atoms with Gasteiger partial charge in [0.05, 0.1) is 21.9 Å². The van der Waals surface area contributed by atoms with Crippen molar-refractivity contribution in [3.8, 4) is 0 Å². The molecule has 2 heterocycles. The monoisotopic (exact) mass is 518 g/mol. The summed E-state index contributed by atoms with van der Waals surface area (Å²) in [6.07, 6.45) is 5.83. The highest BCUT2D eigenvalue weighted by Gasteiger charge is 2.25. The summed E-state index contributed by atoms with van der Waals surface area (Å²) in [7, 11) is 0. The number of halogens is 2. The van der Waals surface area contributed by atoms with Gasteiger partial charge in [-0.15, -0.1) is 0 Å². The molecule has 3 rings (SSSR count). The Morgan fingerprint density at radius 2 is 1.80 bits per heavy atom. The lowest BCUT2D eigenvalue weighted by Crippen LogP contribution is -2.48. The third-order valence-corrected chi connectivity index (χ3v) is 5.25. The Hall–Kier alpha value is -4.02. The van der Waals surface area contributed by atoms with Gasteiger partial charge < -0.3 is 30.5 Å². The van der Waals surface area contributed by atoms with Gasteiger partial charge in [0, 0.05) is 25.4 Å². The van der Waals surface area contributed by atoms with Gasteiger partial charge >= 0.3 is 5.97 Å². The van der Waals surface area contributed by atoms with Crippen LogP contribution in [0, 0.1) is 0 Å². The number of nitrogens with one attached hydrogen (secondary N) is 4. The average molecular weight is 519 g/mol. The van der Waals surface area contributed by atoms with E-state index in [1.165, 1.54) is 36.6 Å². The molecule has 1 unspecified atom stereocenters. The lowest BCUT2D eigenvalue weighted by molar-refractivity contribution is -0.139. The van der Waals surface area contributed by atoms with Crippen LogP contribution in [0.3, 0.4) is 0 Å². The van der Waals surface area contributed by atoms with E-state index in [9.17, 15) is 24.3 Å². The van der Waals surface area contributed by atoms with Gasteiger partial charge in [-0.2, -0.15) is 0 Å². The van der Waals surface area contributed by atoms with Crippen LogP contribution >= 0.6 is 23.2 Å². The first-order chi connectivity index (χ1) is 16.7. The highest BCUT2D eigenvalue weighted by molar-refractivity contribution is 6.39. The quantitative estimate of drug-likeness (QED) is 0.260. The van der Waals surface area contributed by atoms with Crippen molar-refractivity contribution < 1.29 is 28.7 Å². The summed E-state index contributed by atoms with van der Waals surface area (Å²) in [5.41, 5.74) is 0.623. The van der Waals surface area contributed by atoms with Gasteiger partial charge in [0.2, 0.25) is 5.91 Å². The maximum Gasteiger partial charge on any atom is 0.328 e. The molecule has 0 saturated carbocycles. The van der Waals surface area contributed by atoms with Crippen LogP contribution in [0.1, 0.15) is 32.2 Å². The number of carboxylic acid groups (broad SMARTS) is 1. The Morgan fingerprint density at radius 3 is 2.40 bits per heavy atom. The van der Waals surface area contributed by atoms with E-state index >= 15 is 0 Å². The summed E-state index contributed by atoms with van der Waals surface area (Å²) in [5.74, 6) is -2.60. The fourth-order valence-electron chi connectivity index (χ4n) is 2.93. The van der Waals surface area contributed by atoms with Crippen molar-refractivity contribution in [1.82, 2.24) is 20.9 Å². The summed E-state index contributed by atoms with van der Waals surface area (Å²) in [5, 5.41) is 16.7. The number of hydrogen-bond donors (Lipinski definition) is 5. The third-order valence-electron chi connectivity index (χ3n) is 4.65. The van der Waals surface area contributed by atoms with Crippen LogP contribution in [-0.4, -0.2) is 46.4 Å². The molecule has 10 nitrogen and oxygen atoms in total. The van der Waals surface area contributed by atoms with Crippen LogP contribution in [-0.2, 0) is 16.1 Å². The zero-order chi connectivity index (χ0) is 25.4. The minimum atomic E-state index is -1.44. The van der Waals surface area contributed by atoms with E-state index in [1.807, 2.05) is 0 Å². The number of rotatable bonds is 10. The SMILES string of the molecule is O=C(/C=C/c1ccco1)NCc1cc(Cl)c(C(=O)NC(CNC(=O)c2ccc[nH]2)C(=O)O)c(Cl)c1. The molecule has 1 atom stereocenters. The fraction of sp³-hybridized carbons (Fsp3) is 0.130. The van der Waals surface area contributed by atoms with Gasteiger partial charge in [0.15, 0.2) is 0 Å². The fourth-order valence-corrected chi connectivity index (χ4v) is 3.63. The molecule has 0 fully saturated rings. The lowest BCUT2D eigenvalue weighted by Gasteiger charge is -2.17. The number of carboxylic acids is 1. The van der Waals surface area contributed by atoms with E-state index in [0.717, 1.165) is 0 Å². The molecule has 0 radical (unpaired) electrons. The maximum absolute atomic E-state index is 12.7. The molecule has 0 saturated heterocycles. The number of aromatic nitrogens is 1. The van der Waals surface area contributed by atoms with Gasteiger partial charge in [-0.1, -0.05) is 23.2 Å². The molecule has 0 aliphatic heterocycles. The predicted molar refractivity (Wildman–Crippen MR) is 128 cm³/mol. The minimum Gasteiger partial charge on any atom is -0.480 e. The first-order valence-electron chi connectivity index (χ1n) is 10.2. The molecule has 5 N–H and O–H groups in total. The summed E-state index contributed by atoms with van der Waals surface area (Å²) in [6, 6.07) is 7.94. The number of carbonyl (C=O) groups is 4. The predicted octanol–water partition coefficient (Wildman–Crippen LogP) is 2.86. The Labute approximate surface area is 209 Å². The number of benzene rings is 1. The molecule has 3 amide bonds. The van der Waals surface area contributed by atoms with E-state index in [1.54, 1.807) is 24.4 Å². The Balaban J connectivity index is 1.60. The number of carbonyl (C=O) groups excluding carboxylic acids is 3. The van der Waals surface area contributed by atoms with Gasteiger partial charge in [0.25, 0.3) is 11.8 Å². The van der Waals surface area contributed by atoms with Gasteiger partial charge in [-0.25, -0.2) is 4.79 Å². The summed E-state index contributed by atoms with van der Waals surface area (Å²) in [4.78, 5) is 51.0. The number of aliphatic carboxylic acids is 1. The standard InChI is InChI=1S/C23H20Cl2N4O6/c24-15-9-13(11-27-19(30)6-5-14-3-2-8-35-14)10-16(25)20(15)22(32)29-18(23(33)34)12-28-21(31)17-4-1-7-26-17/h1-10,18,26H,11-12H2,(H,27,30)(H,28,31)(H,29,32)(H,33,34)/b6-5+. The topological polar surface area (TPSA) is 154 Å². The summed E-state index contributed by atoms with van der Waals surface area (Å²) >= 11 is 12.5. The molecule has 2 aromatic heterocycles. The van der Waals surface area contributed by atoms with Crippen LogP contribution in [0.2, 0.25) is 10.0 Å². The summed E-state index contributed by atoms with van der Waals surface area (Å²) in [6.45, 7) is -0.297. The van der Waals surface area contributed by atoms with Crippen molar-refractivity contribution in [1.29, 1.82) is 0 Å². The molecule has 0 aliphatic carbocycles. The molecular weight excluding hydrogens is 499 g/mol. The van der Waals surface area contributed by atoms with Crippen molar-refractivity contribution in [2.75, 3.05) is 6.54 Å². The van der Waals surface area contributed by atoms with Crippen molar-refractivity contribution in [3.63, 3.8) is 0 Å². The van der Waals surface area contributed by atoms with E-state index in [2.05, 4.69) is 20.9 Å². The molecule has 12 heteroatoms. The van der Waals surface area contributed by atoms with Gasteiger partial charge in [-0.05, 0) is 48.0 Å². The van der Waals surface area contributed by atoms with Gasteiger partial charge in [-0.3, -0.25) is 14.4 Å². The lowest BCUT2D eigenvalue weighted by atomic mass is 10.1. The average Bonchev–Trinajstić information content (AvgIpc) is 3.52. The number of aromatic amines is 1. The van der Waals surface area contributed by atoms with E-state index in [0.29, 0.717) is 11.3 Å². The first-order valence-corrected chi connectivity index (χ1v) is 10.9. The van der Waals surface area contributed by atoms with Crippen LogP contribution in [0.15, 0.2) is 59.4 Å². The Kier molecular flexibility index (Phi) is 8.71. The molecule has 182 valence electrons. The third kappa shape index (κ3) is 7.23. The zero-order valence-corrected chi connectivity index (χ0v) is 19.5. The molecule has 35 heavy (non-hydrogen) atoms. The Bertz CT molecular complexity index is 1220. The van der Waals surface area contributed by atoms with Crippen molar-refractivity contribution in [2.45, 2.75) is 12.6 Å². The normalized spacial score (nSPS) is 11.7. The largest absolute Gasteiger partial charge is 0.480 e. The van der Waals surface area contributed by atoms with Crippen LogP contribution in [0.5, 0.6) is 0 Å². The highest BCUT2D eigenvalue weighted by Crippen LogP contribution is 2.27. The first kappa shape index (κ1) is 25.6. The van der Waals surface area contributed by atoms with Gasteiger partial charge in [0.1, 0.15) is 17.5 Å². The van der Waals surface area contributed by atoms with E-state index in [4.69, 9.17) is 27.6 Å². The molecular formula is C23H20Cl2N4O6. The van der Waals surface area contributed by atoms with Crippen LogP contribution in [0.4, 0.5) is 0 Å². The minimum absolute atomic E-state index is 0.0371. The number of H-pyrrole nitrogens is 1. The second-order valence-electron chi connectivity index (χ2n) is 7.16. The number of furan rings is 1. The molecule has 0 bridgehead atoms. The molecule has 1 aromatic carbocycles. The smallest absolute Gasteiger partial charge is 0.328 e. The molecule has 3 aromatic rings. The van der Waals surface area contributed by atoms with Crippen molar-refractivity contribution in [3.05, 3.63) is 87.6 Å². The molecule has 0 aliphatic rings. The molecule has 0 spiro atoms. The second kappa shape index (κ2) is 11.9.